The number of hydrogen-bond donors (Lipinski definition) is 0. The van der Waals surface area contributed by atoms with Crippen molar-refractivity contribution in [3.05, 3.63) is 0 Å². The fraction of sp³-hybridized carbons (Fsp3) is 1.00. The highest BCUT2D eigenvalue weighted by Gasteiger charge is 2.40. The third-order valence-electron chi connectivity index (χ3n) is 1.20. The van der Waals surface area contributed by atoms with Crippen LogP contribution in [0.25, 0.3) is 0 Å². The van der Waals surface area contributed by atoms with Gasteiger partial charge in [-0.3, -0.25) is 0 Å². The van der Waals surface area contributed by atoms with Crippen LogP contribution in [0.5, 0.6) is 0 Å². The fourth-order valence-electron chi connectivity index (χ4n) is 0.549. The van der Waals surface area contributed by atoms with Crippen molar-refractivity contribution in [2.45, 2.75) is 13.3 Å². The Hall–Kier alpha value is 0.797. The molecule has 0 saturated heterocycles. The van der Waals surface area contributed by atoms with Crippen LogP contribution in [-0.4, -0.2) is 35.0 Å². The van der Waals surface area contributed by atoms with Gasteiger partial charge in [0.05, 0.1) is 0 Å². The Bertz CT molecular complexity index is 103. The van der Waals surface area contributed by atoms with Crippen molar-refractivity contribution in [2.75, 3.05) is 27.1 Å². The van der Waals surface area contributed by atoms with E-state index in [-0.39, 0.29) is 0 Å². The summed E-state index contributed by atoms with van der Waals surface area (Å²) in [6.45, 7) is 2.14. The summed E-state index contributed by atoms with van der Waals surface area (Å²) in [5.74, 6) is 1.09. The molecule has 0 aromatic carbocycles. The number of rotatable bonds is 7. The summed E-state index contributed by atoms with van der Waals surface area (Å²) >= 11 is 0. The molecule has 0 aromatic rings. The van der Waals surface area contributed by atoms with Crippen LogP contribution in [0.4, 0.5) is 0 Å². The molecule has 0 rings (SSSR count). The largest absolute Gasteiger partial charge is 0.583 e. The van der Waals surface area contributed by atoms with Crippen molar-refractivity contribution in [2.24, 2.45) is 0 Å². The fourth-order valence-corrected chi connectivity index (χ4v) is 7.33. The molecule has 3 nitrogen and oxygen atoms in total. The Labute approximate surface area is 82.9 Å². The van der Waals surface area contributed by atoms with E-state index in [0.29, 0.717) is 0 Å². The first-order valence-corrected chi connectivity index (χ1v) is 8.47. The molecule has 0 heterocycles. The van der Waals surface area contributed by atoms with Crippen molar-refractivity contribution < 1.29 is 13.3 Å². The van der Waals surface area contributed by atoms with Gasteiger partial charge >= 0.3 is 7.95 Å². The molecule has 0 fully saturated rings. The minimum Gasteiger partial charge on any atom is -0.368 e. The van der Waals surface area contributed by atoms with Crippen molar-refractivity contribution >= 4 is 29.0 Å². The van der Waals surface area contributed by atoms with Gasteiger partial charge in [-0.05, 0) is 16.7 Å². The zero-order valence-electron chi connectivity index (χ0n) is 7.96. The van der Waals surface area contributed by atoms with Gasteiger partial charge in [-0.1, -0.05) is 17.7 Å². The van der Waals surface area contributed by atoms with Crippen LogP contribution in [0.15, 0.2) is 0 Å². The maximum atomic E-state index is 5.22. The van der Waals surface area contributed by atoms with Gasteiger partial charge in [-0.25, -0.2) is 0 Å². The summed E-state index contributed by atoms with van der Waals surface area (Å²) < 4.78 is 15.7. The summed E-state index contributed by atoms with van der Waals surface area (Å²) in [6, 6.07) is 0. The van der Waals surface area contributed by atoms with E-state index in [1.54, 1.807) is 42.4 Å². The molecular formula is C6H16O3S2Si. The SMILES string of the molecule is CCCSS[Si](OC)(OC)OC. The van der Waals surface area contributed by atoms with Crippen LogP contribution in [-0.2, 0) is 13.3 Å². The first-order chi connectivity index (χ1) is 5.74. The predicted molar refractivity (Wildman–Crippen MR) is 57.1 cm³/mol. The first-order valence-electron chi connectivity index (χ1n) is 3.70. The van der Waals surface area contributed by atoms with Crippen LogP contribution < -0.4 is 0 Å². The van der Waals surface area contributed by atoms with E-state index in [4.69, 9.17) is 13.3 Å². The molecule has 0 unspecified atom stereocenters. The van der Waals surface area contributed by atoms with Gasteiger partial charge in [0.15, 0.2) is 0 Å². The lowest BCUT2D eigenvalue weighted by atomic mass is 10.6. The maximum absolute atomic E-state index is 5.22. The molecule has 0 aliphatic rings. The first kappa shape index (κ1) is 12.8. The zero-order chi connectivity index (χ0) is 9.45. The molecule has 0 N–H and O–H groups in total. The van der Waals surface area contributed by atoms with Crippen LogP contribution in [0.3, 0.4) is 0 Å². The van der Waals surface area contributed by atoms with Gasteiger partial charge in [0.25, 0.3) is 0 Å². The van der Waals surface area contributed by atoms with Crippen LogP contribution in [0.1, 0.15) is 13.3 Å². The van der Waals surface area contributed by atoms with Crippen LogP contribution >= 0.6 is 21.0 Å². The van der Waals surface area contributed by atoms with Crippen molar-refractivity contribution in [1.29, 1.82) is 0 Å². The molecule has 74 valence electrons. The normalized spacial score (nSPS) is 12.0. The second kappa shape index (κ2) is 7.22. The highest BCUT2D eigenvalue weighted by Crippen LogP contribution is 2.33. The summed E-state index contributed by atoms with van der Waals surface area (Å²) in [5, 5.41) is 0. The van der Waals surface area contributed by atoms with Gasteiger partial charge in [0, 0.05) is 27.1 Å². The quantitative estimate of drug-likeness (QED) is 0.378. The maximum Gasteiger partial charge on any atom is 0.583 e. The molecule has 0 saturated carbocycles. The Kier molecular flexibility index (Phi) is 7.70. The lowest BCUT2D eigenvalue weighted by Crippen LogP contribution is -2.38. The molecule has 0 atom stereocenters. The topological polar surface area (TPSA) is 27.7 Å². The third kappa shape index (κ3) is 4.15. The summed E-state index contributed by atoms with van der Waals surface area (Å²) in [6.07, 6.45) is 1.15. The van der Waals surface area contributed by atoms with E-state index in [0.717, 1.165) is 12.2 Å². The molecule has 0 aliphatic carbocycles. The Morgan fingerprint density at radius 3 is 1.92 bits per heavy atom. The second-order valence-electron chi connectivity index (χ2n) is 2.02. The molecule has 0 radical (unpaired) electrons. The monoisotopic (exact) mass is 228 g/mol. The average molecular weight is 228 g/mol. The summed E-state index contributed by atoms with van der Waals surface area (Å²) in [4.78, 5) is 0. The van der Waals surface area contributed by atoms with E-state index >= 15 is 0 Å². The highest BCUT2D eigenvalue weighted by atomic mass is 33.2. The van der Waals surface area contributed by atoms with Gasteiger partial charge in [0.2, 0.25) is 0 Å². The minimum absolute atomic E-state index is 1.09. The Morgan fingerprint density at radius 1 is 1.08 bits per heavy atom. The van der Waals surface area contributed by atoms with E-state index < -0.39 is 7.95 Å². The molecule has 0 spiro atoms. The molecule has 0 aliphatic heterocycles. The van der Waals surface area contributed by atoms with Gasteiger partial charge in [0.1, 0.15) is 0 Å². The predicted octanol–water partition coefficient (Wildman–Crippen LogP) is 2.15. The lowest BCUT2D eigenvalue weighted by molar-refractivity contribution is 0.153. The lowest BCUT2D eigenvalue weighted by Gasteiger charge is -2.21. The van der Waals surface area contributed by atoms with E-state index in [1.807, 2.05) is 0 Å². The van der Waals surface area contributed by atoms with Crippen molar-refractivity contribution in [3.8, 4) is 0 Å². The van der Waals surface area contributed by atoms with Crippen molar-refractivity contribution in [1.82, 2.24) is 0 Å². The van der Waals surface area contributed by atoms with E-state index in [9.17, 15) is 0 Å². The van der Waals surface area contributed by atoms with E-state index in [2.05, 4.69) is 6.92 Å². The third-order valence-corrected chi connectivity index (χ3v) is 9.46. The molecule has 0 aromatic heterocycles. The summed E-state index contributed by atoms with van der Waals surface area (Å²) in [5.41, 5.74) is 0. The zero-order valence-corrected chi connectivity index (χ0v) is 10.6. The molecule has 12 heavy (non-hydrogen) atoms. The Morgan fingerprint density at radius 2 is 1.58 bits per heavy atom. The molecular weight excluding hydrogens is 212 g/mol. The van der Waals surface area contributed by atoms with Crippen LogP contribution in [0, 0.1) is 0 Å². The standard InChI is InChI=1S/C6H16O3S2Si/c1-5-6-10-11-12(7-2,8-3)9-4/h5-6H2,1-4H3. The van der Waals surface area contributed by atoms with Gasteiger partial charge < -0.3 is 13.3 Å². The highest BCUT2D eigenvalue weighted by molar-refractivity contribution is 8.87. The van der Waals surface area contributed by atoms with Gasteiger partial charge in [-0.2, -0.15) is 0 Å². The smallest absolute Gasteiger partial charge is 0.368 e. The minimum atomic E-state index is -2.38. The summed E-state index contributed by atoms with van der Waals surface area (Å²) in [7, 11) is 5.82. The van der Waals surface area contributed by atoms with E-state index in [1.165, 1.54) is 0 Å². The van der Waals surface area contributed by atoms with Gasteiger partial charge in [-0.15, -0.1) is 0 Å². The molecule has 0 bridgehead atoms. The Balaban J connectivity index is 3.76. The molecule has 0 amide bonds. The average Bonchev–Trinajstić information content (AvgIpc) is 2.14. The number of hydrogen-bond acceptors (Lipinski definition) is 5. The van der Waals surface area contributed by atoms with Crippen molar-refractivity contribution in [3.63, 3.8) is 0 Å². The second-order valence-corrected chi connectivity index (χ2v) is 9.26. The molecule has 6 heteroatoms. The van der Waals surface area contributed by atoms with Crippen LogP contribution in [0.2, 0.25) is 0 Å².